The molecule has 2 unspecified atom stereocenters. The highest BCUT2D eigenvalue weighted by Crippen LogP contribution is 2.17. The standard InChI is InChI=1S/C14H18F2N2O3/c1-9(18-14(19)13-7-17-4-5-20-13)8-21-12-3-2-10(15)6-11(12)16/h2-3,6,9,13,17H,4-5,7-8H2,1H3,(H,18,19). The van der Waals surface area contributed by atoms with Crippen LogP contribution in [-0.2, 0) is 9.53 Å². The molecule has 0 aromatic heterocycles. The lowest BCUT2D eigenvalue weighted by atomic mass is 10.2. The van der Waals surface area contributed by atoms with E-state index in [9.17, 15) is 13.6 Å². The van der Waals surface area contributed by atoms with E-state index in [-0.39, 0.29) is 24.3 Å². The van der Waals surface area contributed by atoms with Crippen molar-refractivity contribution in [3.8, 4) is 5.75 Å². The van der Waals surface area contributed by atoms with Crippen molar-refractivity contribution < 1.29 is 23.0 Å². The number of carbonyl (C=O) groups excluding carboxylic acids is 1. The largest absolute Gasteiger partial charge is 0.488 e. The Balaban J connectivity index is 1.78. The van der Waals surface area contributed by atoms with Crippen LogP contribution >= 0.6 is 0 Å². The summed E-state index contributed by atoms with van der Waals surface area (Å²) >= 11 is 0. The molecular formula is C14H18F2N2O3. The van der Waals surface area contributed by atoms with Crippen LogP contribution in [-0.4, -0.2) is 44.4 Å². The molecule has 0 aliphatic carbocycles. The minimum absolute atomic E-state index is 0.0481. The number of hydrogen-bond donors (Lipinski definition) is 2. The third-order valence-electron chi connectivity index (χ3n) is 2.99. The molecule has 1 aromatic carbocycles. The van der Waals surface area contributed by atoms with E-state index in [1.165, 1.54) is 6.07 Å². The smallest absolute Gasteiger partial charge is 0.250 e. The van der Waals surface area contributed by atoms with E-state index >= 15 is 0 Å². The van der Waals surface area contributed by atoms with Crippen molar-refractivity contribution in [2.45, 2.75) is 19.1 Å². The summed E-state index contributed by atoms with van der Waals surface area (Å²) < 4.78 is 36.7. The van der Waals surface area contributed by atoms with Crippen LogP contribution in [0.2, 0.25) is 0 Å². The van der Waals surface area contributed by atoms with Gasteiger partial charge in [-0.1, -0.05) is 0 Å². The first-order chi connectivity index (χ1) is 10.1. The molecule has 0 saturated carbocycles. The molecule has 0 radical (unpaired) electrons. The summed E-state index contributed by atoms with van der Waals surface area (Å²) in [5, 5.41) is 5.78. The molecule has 2 N–H and O–H groups in total. The normalized spacial score (nSPS) is 19.9. The van der Waals surface area contributed by atoms with Crippen LogP contribution in [0.4, 0.5) is 8.78 Å². The molecule has 1 saturated heterocycles. The number of benzene rings is 1. The Morgan fingerprint density at radius 1 is 1.57 bits per heavy atom. The van der Waals surface area contributed by atoms with Gasteiger partial charge in [0.1, 0.15) is 18.5 Å². The van der Waals surface area contributed by atoms with Crippen molar-refractivity contribution in [3.63, 3.8) is 0 Å². The van der Waals surface area contributed by atoms with Gasteiger partial charge in [-0.3, -0.25) is 4.79 Å². The van der Waals surface area contributed by atoms with Gasteiger partial charge in [-0.15, -0.1) is 0 Å². The summed E-state index contributed by atoms with van der Waals surface area (Å²) in [5.41, 5.74) is 0. The van der Waals surface area contributed by atoms with Gasteiger partial charge in [0.05, 0.1) is 12.6 Å². The molecule has 0 bridgehead atoms. The van der Waals surface area contributed by atoms with Gasteiger partial charge < -0.3 is 20.1 Å². The van der Waals surface area contributed by atoms with Crippen LogP contribution in [0.15, 0.2) is 18.2 Å². The van der Waals surface area contributed by atoms with E-state index in [2.05, 4.69) is 10.6 Å². The highest BCUT2D eigenvalue weighted by atomic mass is 19.1. The summed E-state index contributed by atoms with van der Waals surface area (Å²) in [6, 6.07) is 2.75. The number of rotatable bonds is 5. The number of hydrogen-bond acceptors (Lipinski definition) is 4. The van der Waals surface area contributed by atoms with Crippen molar-refractivity contribution in [3.05, 3.63) is 29.8 Å². The van der Waals surface area contributed by atoms with Gasteiger partial charge in [-0.2, -0.15) is 0 Å². The van der Waals surface area contributed by atoms with Crippen LogP contribution in [0.25, 0.3) is 0 Å². The van der Waals surface area contributed by atoms with Gasteiger partial charge >= 0.3 is 0 Å². The molecule has 1 amide bonds. The zero-order chi connectivity index (χ0) is 15.2. The van der Waals surface area contributed by atoms with Crippen molar-refractivity contribution in [2.24, 2.45) is 0 Å². The minimum Gasteiger partial charge on any atom is -0.488 e. The predicted octanol–water partition coefficient (Wildman–Crippen LogP) is 0.837. The topological polar surface area (TPSA) is 59.6 Å². The van der Waals surface area contributed by atoms with E-state index in [4.69, 9.17) is 9.47 Å². The Morgan fingerprint density at radius 2 is 2.38 bits per heavy atom. The summed E-state index contributed by atoms with van der Waals surface area (Å²) in [5.74, 6) is -1.72. The van der Waals surface area contributed by atoms with E-state index < -0.39 is 17.7 Å². The number of halogens is 2. The molecule has 1 aliphatic rings. The summed E-state index contributed by atoms with van der Waals surface area (Å²) in [4.78, 5) is 11.9. The first-order valence-electron chi connectivity index (χ1n) is 6.77. The van der Waals surface area contributed by atoms with Gasteiger partial charge in [0, 0.05) is 19.2 Å². The SMILES string of the molecule is CC(COc1ccc(F)cc1F)NC(=O)C1CNCCO1. The fourth-order valence-corrected chi connectivity index (χ4v) is 1.92. The molecule has 7 heteroatoms. The van der Waals surface area contributed by atoms with Gasteiger partial charge in [-0.05, 0) is 19.1 Å². The van der Waals surface area contributed by atoms with Gasteiger partial charge in [0.2, 0.25) is 0 Å². The first-order valence-corrected chi connectivity index (χ1v) is 6.77. The highest BCUT2D eigenvalue weighted by Gasteiger charge is 2.23. The van der Waals surface area contributed by atoms with Gasteiger partial charge in [-0.25, -0.2) is 8.78 Å². The van der Waals surface area contributed by atoms with Crippen LogP contribution < -0.4 is 15.4 Å². The maximum absolute atomic E-state index is 13.4. The van der Waals surface area contributed by atoms with E-state index in [1.54, 1.807) is 6.92 Å². The lowest BCUT2D eigenvalue weighted by molar-refractivity contribution is -0.135. The summed E-state index contributed by atoms with van der Waals surface area (Å²) in [6.07, 6.45) is -0.524. The van der Waals surface area contributed by atoms with E-state index in [0.29, 0.717) is 13.2 Å². The van der Waals surface area contributed by atoms with Crippen LogP contribution in [0.5, 0.6) is 5.75 Å². The first kappa shape index (κ1) is 15.7. The zero-order valence-electron chi connectivity index (χ0n) is 11.7. The van der Waals surface area contributed by atoms with Crippen molar-refractivity contribution in [1.29, 1.82) is 0 Å². The molecule has 1 aromatic rings. The van der Waals surface area contributed by atoms with Crippen molar-refractivity contribution in [2.75, 3.05) is 26.3 Å². The lowest BCUT2D eigenvalue weighted by Gasteiger charge is -2.24. The summed E-state index contributed by atoms with van der Waals surface area (Å²) in [7, 11) is 0. The number of ether oxygens (including phenoxy) is 2. The number of carbonyl (C=O) groups is 1. The van der Waals surface area contributed by atoms with E-state index in [0.717, 1.165) is 18.7 Å². The molecule has 21 heavy (non-hydrogen) atoms. The van der Waals surface area contributed by atoms with Crippen LogP contribution in [0, 0.1) is 11.6 Å². The number of amides is 1. The van der Waals surface area contributed by atoms with Crippen LogP contribution in [0.3, 0.4) is 0 Å². The second-order valence-corrected chi connectivity index (χ2v) is 4.86. The minimum atomic E-state index is -0.770. The molecular weight excluding hydrogens is 282 g/mol. The second-order valence-electron chi connectivity index (χ2n) is 4.86. The predicted molar refractivity (Wildman–Crippen MR) is 72.1 cm³/mol. The average molecular weight is 300 g/mol. The van der Waals surface area contributed by atoms with E-state index in [1.807, 2.05) is 0 Å². The van der Waals surface area contributed by atoms with Gasteiger partial charge in [0.15, 0.2) is 11.6 Å². The number of nitrogens with one attached hydrogen (secondary N) is 2. The summed E-state index contributed by atoms with van der Waals surface area (Å²) in [6.45, 7) is 3.49. The van der Waals surface area contributed by atoms with Gasteiger partial charge in [0.25, 0.3) is 5.91 Å². The molecule has 1 aliphatic heterocycles. The molecule has 2 rings (SSSR count). The Kier molecular flexibility index (Phi) is 5.46. The van der Waals surface area contributed by atoms with Crippen LogP contribution in [0.1, 0.15) is 6.92 Å². The Labute approximate surface area is 121 Å². The Morgan fingerprint density at radius 3 is 3.05 bits per heavy atom. The molecule has 5 nitrogen and oxygen atoms in total. The lowest BCUT2D eigenvalue weighted by Crippen LogP contribution is -2.50. The maximum Gasteiger partial charge on any atom is 0.250 e. The quantitative estimate of drug-likeness (QED) is 0.846. The fraction of sp³-hybridized carbons (Fsp3) is 0.500. The Bertz CT molecular complexity index is 493. The average Bonchev–Trinajstić information content (AvgIpc) is 2.47. The maximum atomic E-state index is 13.4. The Hall–Kier alpha value is -1.73. The third kappa shape index (κ3) is 4.64. The second kappa shape index (κ2) is 7.33. The zero-order valence-corrected chi connectivity index (χ0v) is 11.7. The highest BCUT2D eigenvalue weighted by molar-refractivity contribution is 5.81. The van der Waals surface area contributed by atoms with Crippen molar-refractivity contribution in [1.82, 2.24) is 10.6 Å². The molecule has 1 fully saturated rings. The fourth-order valence-electron chi connectivity index (χ4n) is 1.92. The molecule has 1 heterocycles. The molecule has 0 spiro atoms. The molecule has 2 atom stereocenters. The number of morpholine rings is 1. The third-order valence-corrected chi connectivity index (χ3v) is 2.99. The van der Waals surface area contributed by atoms with Crippen molar-refractivity contribution >= 4 is 5.91 Å². The monoisotopic (exact) mass is 300 g/mol. The molecule has 116 valence electrons.